The van der Waals surface area contributed by atoms with Crippen molar-refractivity contribution in [3.63, 3.8) is 0 Å². The van der Waals surface area contributed by atoms with Gasteiger partial charge in [0.1, 0.15) is 0 Å². The van der Waals surface area contributed by atoms with Crippen LogP contribution in [0.3, 0.4) is 0 Å². The van der Waals surface area contributed by atoms with Gasteiger partial charge in [-0.15, -0.1) is 10.2 Å². The number of carbonyl (C=O) groups excluding carboxylic acids is 1. The van der Waals surface area contributed by atoms with Gasteiger partial charge in [-0.25, -0.2) is 0 Å². The second-order valence-electron chi connectivity index (χ2n) is 6.63. The van der Waals surface area contributed by atoms with Crippen LogP contribution in [0.4, 0.5) is 0 Å². The number of hydrogen-bond donors (Lipinski definition) is 1. The number of nitrogens with one attached hydrogen (secondary N) is 1. The Hall–Kier alpha value is -1.51. The Morgan fingerprint density at radius 2 is 1.92 bits per heavy atom. The molecule has 3 rings (SSSR count). The van der Waals surface area contributed by atoms with Gasteiger partial charge in [-0.1, -0.05) is 0 Å². The van der Waals surface area contributed by atoms with Crippen LogP contribution in [0.2, 0.25) is 0 Å². The van der Waals surface area contributed by atoms with Crippen molar-refractivity contribution >= 4 is 5.91 Å². The summed E-state index contributed by atoms with van der Waals surface area (Å²) >= 11 is 0. The van der Waals surface area contributed by atoms with Gasteiger partial charge in [0.2, 0.25) is 17.7 Å². The molecule has 1 aromatic rings. The Labute approximate surface area is 142 Å². The molecular formula is C16H27N5O3. The van der Waals surface area contributed by atoms with Gasteiger partial charge in [0.05, 0.1) is 26.3 Å². The minimum absolute atomic E-state index is 0.126. The molecule has 0 spiro atoms. The lowest BCUT2D eigenvalue weighted by Gasteiger charge is -2.31. The highest BCUT2D eigenvalue weighted by Crippen LogP contribution is 2.18. The van der Waals surface area contributed by atoms with Gasteiger partial charge in [-0.05, 0) is 31.8 Å². The standard InChI is InChI=1S/C16H27N5O3/c1-13-18-19-16(24-13)12-20-4-2-14(3-5-20)10-17-15(22)11-21-6-8-23-9-7-21/h14H,2-12H2,1H3,(H,17,22). The number of hydrogen-bond acceptors (Lipinski definition) is 7. The van der Waals surface area contributed by atoms with Crippen LogP contribution in [-0.2, 0) is 16.1 Å². The first kappa shape index (κ1) is 17.3. The normalized spacial score (nSPS) is 21.0. The Balaban J connectivity index is 1.31. The number of rotatable bonds is 6. The van der Waals surface area contributed by atoms with E-state index in [9.17, 15) is 4.79 Å². The highest BCUT2D eigenvalue weighted by molar-refractivity contribution is 5.78. The van der Waals surface area contributed by atoms with Gasteiger partial charge in [-0.2, -0.15) is 0 Å². The van der Waals surface area contributed by atoms with Crippen LogP contribution in [0.15, 0.2) is 4.42 Å². The van der Waals surface area contributed by atoms with Crippen molar-refractivity contribution < 1.29 is 13.9 Å². The summed E-state index contributed by atoms with van der Waals surface area (Å²) < 4.78 is 10.7. The Bertz CT molecular complexity index is 522. The van der Waals surface area contributed by atoms with Crippen LogP contribution in [0.25, 0.3) is 0 Å². The van der Waals surface area contributed by atoms with E-state index >= 15 is 0 Å². The maximum Gasteiger partial charge on any atom is 0.234 e. The van der Waals surface area contributed by atoms with Gasteiger partial charge in [0.25, 0.3) is 0 Å². The first-order valence-electron chi connectivity index (χ1n) is 8.77. The SMILES string of the molecule is Cc1nnc(CN2CCC(CNC(=O)CN3CCOCC3)CC2)o1. The molecule has 24 heavy (non-hydrogen) atoms. The average molecular weight is 337 g/mol. The molecule has 1 aromatic heterocycles. The summed E-state index contributed by atoms with van der Waals surface area (Å²) in [5.74, 6) is 1.98. The number of likely N-dealkylation sites (tertiary alicyclic amines) is 1. The summed E-state index contributed by atoms with van der Waals surface area (Å²) in [4.78, 5) is 16.5. The second-order valence-corrected chi connectivity index (χ2v) is 6.63. The maximum atomic E-state index is 12.0. The van der Waals surface area contributed by atoms with E-state index in [0.717, 1.165) is 65.3 Å². The van der Waals surface area contributed by atoms with Gasteiger partial charge >= 0.3 is 0 Å². The number of carbonyl (C=O) groups is 1. The molecule has 0 saturated carbocycles. The van der Waals surface area contributed by atoms with Crippen LogP contribution in [0.1, 0.15) is 24.6 Å². The van der Waals surface area contributed by atoms with Crippen LogP contribution in [-0.4, -0.2) is 78.4 Å². The van der Waals surface area contributed by atoms with E-state index in [1.165, 1.54) is 0 Å². The molecule has 1 N–H and O–H groups in total. The molecule has 0 atom stereocenters. The lowest BCUT2D eigenvalue weighted by molar-refractivity contribution is -0.123. The molecule has 1 amide bonds. The molecule has 2 saturated heterocycles. The summed E-state index contributed by atoms with van der Waals surface area (Å²) in [5, 5.41) is 11.0. The van der Waals surface area contributed by atoms with E-state index in [-0.39, 0.29) is 5.91 Å². The van der Waals surface area contributed by atoms with Gasteiger partial charge in [0, 0.05) is 26.6 Å². The molecule has 8 heteroatoms. The predicted molar refractivity (Wildman–Crippen MR) is 87.3 cm³/mol. The Kier molecular flexibility index (Phi) is 6.17. The molecule has 2 aliphatic heterocycles. The summed E-state index contributed by atoms with van der Waals surface area (Å²) in [5.41, 5.74) is 0. The molecule has 2 fully saturated rings. The number of aryl methyl sites for hydroxylation is 1. The van der Waals surface area contributed by atoms with Crippen LogP contribution in [0.5, 0.6) is 0 Å². The third-order valence-electron chi connectivity index (χ3n) is 4.69. The largest absolute Gasteiger partial charge is 0.424 e. The fourth-order valence-electron chi connectivity index (χ4n) is 3.22. The molecule has 0 unspecified atom stereocenters. The molecular weight excluding hydrogens is 310 g/mol. The van der Waals surface area contributed by atoms with Gasteiger partial charge in [0.15, 0.2) is 0 Å². The van der Waals surface area contributed by atoms with Crippen LogP contribution < -0.4 is 5.32 Å². The van der Waals surface area contributed by atoms with Gasteiger partial charge in [-0.3, -0.25) is 14.6 Å². The molecule has 0 bridgehead atoms. The molecule has 3 heterocycles. The number of aromatic nitrogens is 2. The van der Waals surface area contributed by atoms with Crippen molar-refractivity contribution in [3.8, 4) is 0 Å². The van der Waals surface area contributed by atoms with Crippen molar-refractivity contribution in [2.24, 2.45) is 5.92 Å². The summed E-state index contributed by atoms with van der Waals surface area (Å²) in [6, 6.07) is 0. The molecule has 0 aromatic carbocycles. The van der Waals surface area contributed by atoms with Crippen molar-refractivity contribution in [1.29, 1.82) is 0 Å². The minimum Gasteiger partial charge on any atom is -0.424 e. The van der Waals surface area contributed by atoms with Gasteiger partial charge < -0.3 is 14.5 Å². The zero-order valence-corrected chi connectivity index (χ0v) is 14.4. The highest BCUT2D eigenvalue weighted by Gasteiger charge is 2.21. The van der Waals surface area contributed by atoms with E-state index < -0.39 is 0 Å². The van der Waals surface area contributed by atoms with E-state index in [1.54, 1.807) is 0 Å². The zero-order valence-electron chi connectivity index (χ0n) is 14.4. The van der Waals surface area contributed by atoms with Crippen LogP contribution in [0, 0.1) is 12.8 Å². The molecule has 2 aliphatic rings. The fraction of sp³-hybridized carbons (Fsp3) is 0.812. The van der Waals surface area contributed by atoms with E-state index in [2.05, 4.69) is 25.3 Å². The number of piperidine rings is 1. The highest BCUT2D eigenvalue weighted by atomic mass is 16.5. The minimum atomic E-state index is 0.126. The van der Waals surface area contributed by atoms with E-state index in [4.69, 9.17) is 9.15 Å². The number of nitrogens with zero attached hydrogens (tertiary/aromatic N) is 4. The predicted octanol–water partition coefficient (Wildman–Crippen LogP) is 0.0384. The third-order valence-corrected chi connectivity index (χ3v) is 4.69. The fourth-order valence-corrected chi connectivity index (χ4v) is 3.22. The molecule has 134 valence electrons. The third kappa shape index (κ3) is 5.25. The summed E-state index contributed by atoms with van der Waals surface area (Å²) in [6.07, 6.45) is 2.18. The Morgan fingerprint density at radius 3 is 2.58 bits per heavy atom. The van der Waals surface area contributed by atoms with Crippen molar-refractivity contribution in [1.82, 2.24) is 25.3 Å². The quantitative estimate of drug-likeness (QED) is 0.784. The van der Waals surface area contributed by atoms with Crippen molar-refractivity contribution in [2.75, 3.05) is 52.5 Å². The van der Waals surface area contributed by atoms with E-state index in [0.29, 0.717) is 24.2 Å². The zero-order chi connectivity index (χ0) is 16.8. The first-order valence-corrected chi connectivity index (χ1v) is 8.77. The Morgan fingerprint density at radius 1 is 1.17 bits per heavy atom. The summed E-state index contributed by atoms with van der Waals surface area (Å²) in [6.45, 7) is 8.95. The monoisotopic (exact) mass is 337 g/mol. The molecule has 8 nitrogen and oxygen atoms in total. The van der Waals surface area contributed by atoms with Crippen LogP contribution >= 0.6 is 0 Å². The number of ether oxygens (including phenoxy) is 1. The van der Waals surface area contributed by atoms with Crippen molar-refractivity contribution in [3.05, 3.63) is 11.8 Å². The summed E-state index contributed by atoms with van der Waals surface area (Å²) in [7, 11) is 0. The molecule has 0 aliphatic carbocycles. The first-order chi connectivity index (χ1) is 11.7. The average Bonchev–Trinajstić information content (AvgIpc) is 3.00. The maximum absolute atomic E-state index is 12.0. The van der Waals surface area contributed by atoms with Crippen molar-refractivity contribution in [2.45, 2.75) is 26.3 Å². The smallest absolute Gasteiger partial charge is 0.234 e. The lowest BCUT2D eigenvalue weighted by atomic mass is 9.97. The van der Waals surface area contributed by atoms with E-state index in [1.807, 2.05) is 6.92 Å². The topological polar surface area (TPSA) is 83.7 Å². The second kappa shape index (κ2) is 8.55. The number of morpholine rings is 1. The number of amides is 1. The lowest BCUT2D eigenvalue weighted by Crippen LogP contribution is -2.45. The molecule has 0 radical (unpaired) electrons.